The number of hydrogen-bond donors (Lipinski definition) is 2. The lowest BCUT2D eigenvalue weighted by atomic mass is 10.0. The average molecular weight is 538 g/mol. The molecule has 0 spiro atoms. The van der Waals surface area contributed by atoms with Crippen LogP contribution >= 0.6 is 11.8 Å². The molecule has 0 fully saturated rings. The number of aromatic amines is 1. The smallest absolute Gasteiger partial charge is 0.266 e. The van der Waals surface area contributed by atoms with Crippen LogP contribution in [0.5, 0.6) is 5.75 Å². The quantitative estimate of drug-likeness (QED) is 0.207. The van der Waals surface area contributed by atoms with E-state index in [1.165, 1.54) is 18.0 Å². The molecule has 0 amide bonds. The van der Waals surface area contributed by atoms with Gasteiger partial charge in [-0.25, -0.2) is 4.98 Å². The Balaban J connectivity index is 1.60. The number of aryl methyl sites for hydroxylation is 1. The van der Waals surface area contributed by atoms with Crippen molar-refractivity contribution in [1.82, 2.24) is 9.97 Å². The van der Waals surface area contributed by atoms with Gasteiger partial charge in [0.25, 0.3) is 5.56 Å². The number of aromatic hydroxyl groups is 1. The predicted molar refractivity (Wildman–Crippen MR) is 157 cm³/mol. The summed E-state index contributed by atoms with van der Waals surface area (Å²) in [6.07, 6.45) is 1.45. The zero-order chi connectivity index (χ0) is 27.5. The Labute approximate surface area is 231 Å². The molecule has 5 nitrogen and oxygen atoms in total. The molecule has 2 heterocycles. The topological polar surface area (TPSA) is 69.2 Å². The van der Waals surface area contributed by atoms with E-state index in [1.807, 2.05) is 97.6 Å². The number of anilines is 2. The molecule has 5 aromatic rings. The van der Waals surface area contributed by atoms with Gasteiger partial charge in [0.1, 0.15) is 10.6 Å². The highest BCUT2D eigenvalue weighted by Crippen LogP contribution is 2.45. The first-order valence-corrected chi connectivity index (χ1v) is 13.5. The van der Waals surface area contributed by atoms with Crippen molar-refractivity contribution in [1.29, 1.82) is 0 Å². The van der Waals surface area contributed by atoms with Crippen LogP contribution in [-0.2, 0) is 0 Å². The van der Waals surface area contributed by atoms with Crippen molar-refractivity contribution in [2.45, 2.75) is 30.6 Å². The Morgan fingerprint density at radius 2 is 1.69 bits per heavy atom. The fourth-order valence-electron chi connectivity index (χ4n) is 4.65. The van der Waals surface area contributed by atoms with E-state index < -0.39 is 5.95 Å². The zero-order valence-corrected chi connectivity index (χ0v) is 22.7. The van der Waals surface area contributed by atoms with Crippen molar-refractivity contribution < 1.29 is 9.50 Å². The molecular weight excluding hydrogens is 509 g/mol. The zero-order valence-electron chi connectivity index (χ0n) is 21.9. The predicted octanol–water partition coefficient (Wildman–Crippen LogP) is 7.87. The minimum absolute atomic E-state index is 0.0814. The first-order chi connectivity index (χ1) is 18.9. The van der Waals surface area contributed by atoms with Crippen molar-refractivity contribution in [3.8, 4) is 28.1 Å². The maximum atomic E-state index is 14.0. The number of hydrogen-bond acceptors (Lipinski definition) is 5. The van der Waals surface area contributed by atoms with Crippen LogP contribution in [0.1, 0.15) is 18.1 Å². The maximum absolute atomic E-state index is 14.0. The molecule has 0 bridgehead atoms. The lowest BCUT2D eigenvalue weighted by Gasteiger charge is -2.27. The van der Waals surface area contributed by atoms with Crippen LogP contribution in [0.2, 0.25) is 0 Å². The molecule has 0 saturated carbocycles. The summed E-state index contributed by atoms with van der Waals surface area (Å²) in [6.45, 7) is 6.27. The summed E-state index contributed by atoms with van der Waals surface area (Å²) < 4.78 is 14.0. The molecule has 0 radical (unpaired) electrons. The number of halogens is 1. The second-order valence-electron chi connectivity index (χ2n) is 9.21. The summed E-state index contributed by atoms with van der Waals surface area (Å²) in [4.78, 5) is 23.1. The van der Waals surface area contributed by atoms with Crippen LogP contribution in [0, 0.1) is 19.8 Å². The van der Waals surface area contributed by atoms with Crippen LogP contribution < -0.4 is 10.5 Å². The molecule has 0 unspecified atom stereocenters. The largest absolute Gasteiger partial charge is 0.504 e. The van der Waals surface area contributed by atoms with Gasteiger partial charge >= 0.3 is 0 Å². The van der Waals surface area contributed by atoms with Crippen molar-refractivity contribution in [2.75, 3.05) is 11.4 Å². The third-order valence-corrected chi connectivity index (χ3v) is 7.70. The molecule has 7 heteroatoms. The third-order valence-electron chi connectivity index (χ3n) is 6.61. The summed E-state index contributed by atoms with van der Waals surface area (Å²) in [6, 6.07) is 26.9. The molecule has 39 heavy (non-hydrogen) atoms. The fourth-order valence-corrected chi connectivity index (χ4v) is 5.50. The molecule has 0 saturated heterocycles. The number of nitrogens with zero attached hydrogens (tertiary/aromatic N) is 2. The van der Waals surface area contributed by atoms with Crippen LogP contribution in [0.4, 0.5) is 15.8 Å². The molecule has 2 aromatic heterocycles. The molecule has 196 valence electrons. The Kier molecular flexibility index (Phi) is 7.52. The third kappa shape index (κ3) is 5.31. The van der Waals surface area contributed by atoms with Crippen molar-refractivity contribution >= 4 is 23.1 Å². The Morgan fingerprint density at radius 3 is 2.38 bits per heavy atom. The van der Waals surface area contributed by atoms with Crippen LogP contribution in [0.15, 0.2) is 106 Å². The van der Waals surface area contributed by atoms with Crippen molar-refractivity contribution in [3.63, 3.8) is 0 Å². The highest BCUT2D eigenvalue weighted by Gasteiger charge is 2.24. The van der Waals surface area contributed by atoms with E-state index in [9.17, 15) is 14.3 Å². The highest BCUT2D eigenvalue weighted by atomic mass is 32.2. The van der Waals surface area contributed by atoms with E-state index in [1.54, 1.807) is 13.0 Å². The van der Waals surface area contributed by atoms with Gasteiger partial charge in [-0.3, -0.25) is 4.79 Å². The lowest BCUT2D eigenvalue weighted by molar-refractivity contribution is 0.460. The molecule has 0 aliphatic heterocycles. The molecular formula is C32H28FN3O2S. The van der Waals surface area contributed by atoms with E-state index in [2.05, 4.69) is 9.97 Å². The minimum Gasteiger partial charge on any atom is -0.504 e. The summed E-state index contributed by atoms with van der Waals surface area (Å²) in [5.74, 6) is -0.579. The number of pyridine rings is 2. The number of rotatable bonds is 7. The molecule has 3 aromatic carbocycles. The van der Waals surface area contributed by atoms with E-state index in [0.717, 1.165) is 32.8 Å². The highest BCUT2D eigenvalue weighted by molar-refractivity contribution is 7.99. The second kappa shape index (κ2) is 11.2. The summed E-state index contributed by atoms with van der Waals surface area (Å²) in [7, 11) is 0. The molecule has 2 N–H and O–H groups in total. The number of nitrogens with one attached hydrogen (secondary N) is 1. The van der Waals surface area contributed by atoms with Crippen LogP contribution in [0.25, 0.3) is 22.4 Å². The standard InChI is InChI=1S/C32H28FN3O2S/c1-4-36(24-11-6-5-7-12-24)28-27(23-10-8-9-20(2)19-23)35-32(38)30(29(28)37)39-25-15-13-22(14-16-25)26-17-18-34-31(33)21(26)3/h5-19H,4H2,1-3H3,(H2,35,37,38). The average Bonchev–Trinajstić information content (AvgIpc) is 2.95. The van der Waals surface area contributed by atoms with Crippen LogP contribution in [-0.4, -0.2) is 21.6 Å². The van der Waals surface area contributed by atoms with E-state index in [-0.39, 0.29) is 16.2 Å². The Bertz CT molecular complexity index is 1690. The lowest BCUT2D eigenvalue weighted by Crippen LogP contribution is -2.21. The van der Waals surface area contributed by atoms with Gasteiger partial charge in [0.15, 0.2) is 5.75 Å². The van der Waals surface area contributed by atoms with Gasteiger partial charge in [-0.2, -0.15) is 4.39 Å². The van der Waals surface area contributed by atoms with Gasteiger partial charge < -0.3 is 15.0 Å². The Hall–Kier alpha value is -4.36. The first kappa shape index (κ1) is 26.3. The van der Waals surface area contributed by atoms with E-state index in [4.69, 9.17) is 0 Å². The second-order valence-corrected chi connectivity index (χ2v) is 10.3. The van der Waals surface area contributed by atoms with Crippen molar-refractivity contribution in [3.05, 3.63) is 119 Å². The molecule has 0 aliphatic carbocycles. The van der Waals surface area contributed by atoms with Gasteiger partial charge in [-0.15, -0.1) is 0 Å². The Morgan fingerprint density at radius 1 is 0.949 bits per heavy atom. The number of benzene rings is 3. The summed E-state index contributed by atoms with van der Waals surface area (Å²) >= 11 is 1.19. The number of aromatic nitrogens is 2. The first-order valence-electron chi connectivity index (χ1n) is 12.7. The van der Waals surface area contributed by atoms with E-state index in [0.29, 0.717) is 23.5 Å². The summed E-state index contributed by atoms with van der Waals surface area (Å²) in [5.41, 5.74) is 5.55. The monoisotopic (exact) mass is 537 g/mol. The van der Waals surface area contributed by atoms with Gasteiger partial charge in [-0.1, -0.05) is 65.9 Å². The number of para-hydroxylation sites is 1. The minimum atomic E-state index is -0.498. The van der Waals surface area contributed by atoms with Crippen LogP contribution in [0.3, 0.4) is 0 Å². The fraction of sp³-hybridized carbons (Fsp3) is 0.125. The van der Waals surface area contributed by atoms with E-state index >= 15 is 0 Å². The molecule has 0 aliphatic rings. The maximum Gasteiger partial charge on any atom is 0.266 e. The van der Waals surface area contributed by atoms with Gasteiger partial charge in [-0.05, 0) is 68.3 Å². The summed E-state index contributed by atoms with van der Waals surface area (Å²) in [5, 5.41) is 11.7. The number of H-pyrrole nitrogens is 1. The van der Waals surface area contributed by atoms with Gasteiger partial charge in [0, 0.05) is 34.5 Å². The normalized spacial score (nSPS) is 11.0. The van der Waals surface area contributed by atoms with Gasteiger partial charge in [0.2, 0.25) is 5.95 Å². The SMILES string of the molecule is CCN(c1ccccc1)c1c(-c2cccc(C)c2)[nH]c(=O)c(Sc2ccc(-c3ccnc(F)c3C)cc2)c1O. The molecule has 0 atom stereocenters. The molecule has 5 rings (SSSR count). The van der Waals surface area contributed by atoms with Gasteiger partial charge in [0.05, 0.1) is 5.69 Å². The van der Waals surface area contributed by atoms with Crippen molar-refractivity contribution in [2.24, 2.45) is 0 Å².